The van der Waals surface area contributed by atoms with Gasteiger partial charge in [-0.3, -0.25) is 9.59 Å². The topological polar surface area (TPSA) is 81.3 Å². The van der Waals surface area contributed by atoms with Crippen molar-refractivity contribution < 1.29 is 4.79 Å². The standard InChI is InChI=1S/C27H27N5O2S/c1-4-15-31-25-29-23-20-14-10-9-11-18(20)16-27(3,5-2)22(23)24(34)32(25)26(30-31)35-17-21(33)28-19-12-7-6-8-13-19/h4,6-14H,1,5,15-17H2,2-3H3,(H,28,33)/t27-/m0/s1. The first-order valence-corrected chi connectivity index (χ1v) is 12.6. The van der Waals surface area contributed by atoms with Gasteiger partial charge in [-0.05, 0) is 30.5 Å². The Hall–Kier alpha value is -3.65. The van der Waals surface area contributed by atoms with Crippen LogP contribution in [0.25, 0.3) is 17.0 Å². The van der Waals surface area contributed by atoms with Crippen LogP contribution in [0.15, 0.2) is 77.2 Å². The summed E-state index contributed by atoms with van der Waals surface area (Å²) < 4.78 is 3.23. The second-order valence-electron chi connectivity index (χ2n) is 8.98. The van der Waals surface area contributed by atoms with E-state index in [4.69, 9.17) is 4.98 Å². The van der Waals surface area contributed by atoms with E-state index < -0.39 is 0 Å². The van der Waals surface area contributed by atoms with Crippen molar-refractivity contribution in [2.45, 2.75) is 43.8 Å². The highest BCUT2D eigenvalue weighted by Crippen LogP contribution is 2.42. The number of fused-ring (bicyclic) bond motifs is 4. The molecule has 4 aromatic rings. The highest BCUT2D eigenvalue weighted by atomic mass is 32.2. The van der Waals surface area contributed by atoms with E-state index in [1.807, 2.05) is 48.5 Å². The summed E-state index contributed by atoms with van der Waals surface area (Å²) in [4.78, 5) is 31.6. The van der Waals surface area contributed by atoms with Gasteiger partial charge in [0.25, 0.3) is 5.56 Å². The molecule has 0 saturated carbocycles. The predicted molar refractivity (Wildman–Crippen MR) is 140 cm³/mol. The van der Waals surface area contributed by atoms with Gasteiger partial charge in [-0.1, -0.05) is 74.1 Å². The van der Waals surface area contributed by atoms with Gasteiger partial charge in [0.15, 0.2) is 5.16 Å². The number of benzene rings is 2. The van der Waals surface area contributed by atoms with E-state index in [-0.39, 0.29) is 22.6 Å². The van der Waals surface area contributed by atoms with Crippen molar-refractivity contribution >= 4 is 29.1 Å². The van der Waals surface area contributed by atoms with Crippen LogP contribution in [-0.4, -0.2) is 30.8 Å². The largest absolute Gasteiger partial charge is 0.325 e. The SMILES string of the molecule is C=CCn1nc(SCC(=O)Nc2ccccc2)n2c(=O)c3c(nc12)-c1ccccc1C[C@]3(C)CC. The van der Waals surface area contributed by atoms with Gasteiger partial charge in [-0.25, -0.2) is 14.1 Å². The number of nitrogens with one attached hydrogen (secondary N) is 1. The fraction of sp³-hybridized carbons (Fsp3) is 0.259. The third kappa shape index (κ3) is 4.08. The fourth-order valence-corrected chi connectivity index (χ4v) is 5.47. The van der Waals surface area contributed by atoms with Crippen molar-refractivity contribution in [3.8, 4) is 11.3 Å². The van der Waals surface area contributed by atoms with Crippen LogP contribution < -0.4 is 10.9 Å². The van der Waals surface area contributed by atoms with Crippen LogP contribution in [0.3, 0.4) is 0 Å². The summed E-state index contributed by atoms with van der Waals surface area (Å²) >= 11 is 1.23. The normalized spacial score (nSPS) is 16.5. The molecule has 1 aliphatic rings. The second kappa shape index (κ2) is 9.19. The molecule has 1 aliphatic carbocycles. The molecule has 0 unspecified atom stereocenters. The Balaban J connectivity index is 1.61. The monoisotopic (exact) mass is 485 g/mol. The van der Waals surface area contributed by atoms with Gasteiger partial charge >= 0.3 is 0 Å². The third-order valence-electron chi connectivity index (χ3n) is 6.62. The number of nitrogens with zero attached hydrogens (tertiary/aromatic N) is 4. The minimum absolute atomic E-state index is 0.118. The first-order chi connectivity index (χ1) is 16.9. The van der Waals surface area contributed by atoms with Crippen molar-refractivity contribution in [3.05, 3.63) is 88.7 Å². The van der Waals surface area contributed by atoms with Crippen molar-refractivity contribution in [3.63, 3.8) is 0 Å². The van der Waals surface area contributed by atoms with Gasteiger partial charge in [0, 0.05) is 16.7 Å². The lowest BCUT2D eigenvalue weighted by Crippen LogP contribution is -2.38. The van der Waals surface area contributed by atoms with E-state index >= 15 is 0 Å². The number of hydrogen-bond donors (Lipinski definition) is 1. The lowest BCUT2D eigenvalue weighted by molar-refractivity contribution is -0.113. The van der Waals surface area contributed by atoms with Crippen LogP contribution in [0.4, 0.5) is 5.69 Å². The molecule has 2 heterocycles. The minimum Gasteiger partial charge on any atom is -0.325 e. The molecule has 1 amide bonds. The smallest absolute Gasteiger partial charge is 0.265 e. The van der Waals surface area contributed by atoms with Gasteiger partial charge < -0.3 is 5.32 Å². The zero-order chi connectivity index (χ0) is 24.6. The molecule has 1 N–H and O–H groups in total. The van der Waals surface area contributed by atoms with Gasteiger partial charge in [0.2, 0.25) is 11.7 Å². The lowest BCUT2D eigenvalue weighted by atomic mass is 9.69. The van der Waals surface area contributed by atoms with Crippen molar-refractivity contribution in [2.75, 3.05) is 11.1 Å². The van der Waals surface area contributed by atoms with Crippen LogP contribution in [0, 0.1) is 0 Å². The summed E-state index contributed by atoms with van der Waals surface area (Å²) in [6, 6.07) is 17.5. The van der Waals surface area contributed by atoms with Crippen LogP contribution in [-0.2, 0) is 23.2 Å². The molecular weight excluding hydrogens is 458 g/mol. The average Bonchev–Trinajstić information content (AvgIpc) is 3.21. The molecule has 0 saturated heterocycles. The zero-order valence-corrected chi connectivity index (χ0v) is 20.6. The summed E-state index contributed by atoms with van der Waals surface area (Å²) in [6.07, 6.45) is 3.30. The number of aromatic nitrogens is 4. The Morgan fingerprint density at radius 3 is 2.69 bits per heavy atom. The van der Waals surface area contributed by atoms with Gasteiger partial charge in [0.1, 0.15) is 0 Å². The number of hydrogen-bond acceptors (Lipinski definition) is 5. The molecule has 0 aliphatic heterocycles. The molecule has 0 fully saturated rings. The average molecular weight is 486 g/mol. The summed E-state index contributed by atoms with van der Waals surface area (Å²) in [7, 11) is 0. The fourth-order valence-electron chi connectivity index (χ4n) is 4.69. The molecule has 1 atom stereocenters. The van der Waals surface area contributed by atoms with Gasteiger partial charge in [-0.2, -0.15) is 0 Å². The van der Waals surface area contributed by atoms with E-state index in [0.717, 1.165) is 29.8 Å². The van der Waals surface area contributed by atoms with Crippen LogP contribution in [0.5, 0.6) is 0 Å². The second-order valence-corrected chi connectivity index (χ2v) is 9.92. The molecule has 8 heteroatoms. The Kier molecular flexibility index (Phi) is 6.06. The molecule has 2 aromatic carbocycles. The Bertz CT molecular complexity index is 1490. The highest BCUT2D eigenvalue weighted by Gasteiger charge is 2.38. The number of carbonyl (C=O) groups is 1. The lowest BCUT2D eigenvalue weighted by Gasteiger charge is -2.35. The first kappa shape index (κ1) is 23.1. The summed E-state index contributed by atoms with van der Waals surface area (Å²) in [5.74, 6) is 0.403. The zero-order valence-electron chi connectivity index (χ0n) is 19.8. The van der Waals surface area contributed by atoms with E-state index in [0.29, 0.717) is 23.0 Å². The molecule has 178 valence electrons. The van der Waals surface area contributed by atoms with Crippen LogP contribution >= 0.6 is 11.8 Å². The summed E-state index contributed by atoms with van der Waals surface area (Å²) in [5.41, 5.74) is 3.89. The number of allylic oxidation sites excluding steroid dienone is 1. The van der Waals surface area contributed by atoms with Crippen LogP contribution in [0.2, 0.25) is 0 Å². The Morgan fingerprint density at radius 1 is 1.20 bits per heavy atom. The highest BCUT2D eigenvalue weighted by molar-refractivity contribution is 7.99. The predicted octanol–water partition coefficient (Wildman–Crippen LogP) is 4.70. The quantitative estimate of drug-likeness (QED) is 0.303. The number of rotatable bonds is 7. The van der Waals surface area contributed by atoms with E-state index in [9.17, 15) is 9.59 Å². The molecule has 35 heavy (non-hydrogen) atoms. The number of thioether (sulfide) groups is 1. The molecule has 0 radical (unpaired) electrons. The molecule has 0 spiro atoms. The van der Waals surface area contributed by atoms with Gasteiger partial charge in [0.05, 0.1) is 23.6 Å². The summed E-state index contributed by atoms with van der Waals surface area (Å²) in [5, 5.41) is 7.97. The van der Waals surface area contributed by atoms with Crippen molar-refractivity contribution in [1.82, 2.24) is 19.2 Å². The maximum atomic E-state index is 14.1. The van der Waals surface area contributed by atoms with E-state index in [1.54, 1.807) is 15.2 Å². The summed E-state index contributed by atoms with van der Waals surface area (Å²) in [6.45, 7) is 8.47. The Labute approximate surface area is 207 Å². The Morgan fingerprint density at radius 2 is 1.94 bits per heavy atom. The van der Waals surface area contributed by atoms with Crippen molar-refractivity contribution in [1.29, 1.82) is 0 Å². The maximum Gasteiger partial charge on any atom is 0.265 e. The molecule has 2 aromatic heterocycles. The maximum absolute atomic E-state index is 14.1. The van der Waals surface area contributed by atoms with Crippen molar-refractivity contribution in [2.24, 2.45) is 0 Å². The van der Waals surface area contributed by atoms with E-state index in [2.05, 4.69) is 36.9 Å². The molecule has 0 bridgehead atoms. The van der Waals surface area contributed by atoms with Crippen LogP contribution in [0.1, 0.15) is 31.4 Å². The molecule has 7 nitrogen and oxygen atoms in total. The van der Waals surface area contributed by atoms with Gasteiger partial charge in [-0.15, -0.1) is 11.7 Å². The number of para-hydroxylation sites is 1. The first-order valence-electron chi connectivity index (χ1n) is 11.7. The minimum atomic E-state index is -0.345. The molecule has 5 rings (SSSR count). The molecular formula is C27H27N5O2S. The third-order valence-corrected chi connectivity index (χ3v) is 7.55. The number of carbonyl (C=O) groups excluding carboxylic acids is 1. The van der Waals surface area contributed by atoms with E-state index in [1.165, 1.54) is 17.3 Å². The number of anilines is 1. The number of amides is 1.